The van der Waals surface area contributed by atoms with Crippen LogP contribution in [0.5, 0.6) is 0 Å². The van der Waals surface area contributed by atoms with E-state index in [0.717, 1.165) is 4.52 Å². The van der Waals surface area contributed by atoms with E-state index < -0.39 is 18.0 Å². The van der Waals surface area contributed by atoms with E-state index >= 15 is 0 Å². The third-order valence-corrected chi connectivity index (χ3v) is 3.31. The first-order chi connectivity index (χ1) is 11.0. The van der Waals surface area contributed by atoms with Gasteiger partial charge in [-0.3, -0.25) is 15.2 Å². The van der Waals surface area contributed by atoms with Crippen LogP contribution in [-0.2, 0) is 6.54 Å². The molecule has 4 N–H and O–H groups in total. The van der Waals surface area contributed by atoms with Gasteiger partial charge in [-0.05, 0) is 5.56 Å². The van der Waals surface area contributed by atoms with Gasteiger partial charge in [0, 0.05) is 12.6 Å². The molecular weight excluding hydrogens is 306 g/mol. The van der Waals surface area contributed by atoms with Crippen molar-refractivity contribution in [3.63, 3.8) is 0 Å². The molecule has 23 heavy (non-hydrogen) atoms. The molecule has 0 bridgehead atoms. The van der Waals surface area contributed by atoms with Gasteiger partial charge in [0.25, 0.3) is 17.8 Å². The molecule has 0 aliphatic rings. The number of aromatic amines is 1. The van der Waals surface area contributed by atoms with E-state index in [1.54, 1.807) is 30.3 Å². The second-order valence-corrected chi connectivity index (χ2v) is 4.93. The summed E-state index contributed by atoms with van der Waals surface area (Å²) in [6.45, 7) is 0.00239. The quantitative estimate of drug-likeness (QED) is 0.653. The van der Waals surface area contributed by atoms with Crippen molar-refractivity contribution in [3.05, 3.63) is 58.0 Å². The number of halogens is 2. The fraction of sp³-hybridized carbons (Fsp3) is 0.214. The van der Waals surface area contributed by atoms with Crippen molar-refractivity contribution >= 4 is 11.7 Å². The maximum atomic E-state index is 13.2. The molecular formula is C14H14F2N6O. The predicted molar refractivity (Wildman–Crippen MR) is 80.0 cm³/mol. The summed E-state index contributed by atoms with van der Waals surface area (Å²) in [5, 5.41) is 5.25. The second-order valence-electron chi connectivity index (χ2n) is 4.93. The largest absolute Gasteiger partial charge is 0.368 e. The summed E-state index contributed by atoms with van der Waals surface area (Å²) < 4.78 is 27.6. The zero-order chi connectivity index (χ0) is 16.4. The highest BCUT2D eigenvalue weighted by Crippen LogP contribution is 2.20. The summed E-state index contributed by atoms with van der Waals surface area (Å²) in [6.07, 6.45) is -2.59. The van der Waals surface area contributed by atoms with Crippen LogP contribution in [0, 0.1) is 0 Å². The molecule has 0 spiro atoms. The summed E-state index contributed by atoms with van der Waals surface area (Å²) in [7, 11) is 0. The molecule has 0 radical (unpaired) electrons. The number of benzene rings is 1. The highest BCUT2D eigenvalue weighted by molar-refractivity contribution is 5.34. The van der Waals surface area contributed by atoms with Crippen molar-refractivity contribution in [2.45, 2.75) is 19.0 Å². The first-order valence-corrected chi connectivity index (χ1v) is 6.85. The smallest absolute Gasteiger partial charge is 0.274 e. The van der Waals surface area contributed by atoms with Gasteiger partial charge in [0.2, 0.25) is 5.95 Å². The summed E-state index contributed by atoms with van der Waals surface area (Å²) in [4.78, 5) is 19.8. The molecule has 0 aliphatic carbocycles. The lowest BCUT2D eigenvalue weighted by Crippen LogP contribution is -2.28. The number of nitrogens with one attached hydrogen (secondary N) is 2. The summed E-state index contributed by atoms with van der Waals surface area (Å²) >= 11 is 0. The van der Waals surface area contributed by atoms with Crippen molar-refractivity contribution in [1.82, 2.24) is 24.9 Å². The maximum absolute atomic E-state index is 13.2. The molecule has 1 aromatic carbocycles. The molecule has 3 rings (SSSR count). The van der Waals surface area contributed by atoms with Crippen LogP contribution in [0.3, 0.4) is 0 Å². The third kappa shape index (κ3) is 3.19. The van der Waals surface area contributed by atoms with Gasteiger partial charge < -0.3 is 5.73 Å². The van der Waals surface area contributed by atoms with Gasteiger partial charge in [-0.15, -0.1) is 0 Å². The van der Waals surface area contributed by atoms with E-state index in [9.17, 15) is 13.6 Å². The second kappa shape index (κ2) is 6.13. The normalized spacial score (nSPS) is 12.8. The van der Waals surface area contributed by atoms with Crippen molar-refractivity contribution < 1.29 is 8.78 Å². The Morgan fingerprint density at radius 3 is 2.70 bits per heavy atom. The molecule has 1 atom stereocenters. The Morgan fingerprint density at radius 1 is 1.26 bits per heavy atom. The Balaban J connectivity index is 1.82. The zero-order valence-electron chi connectivity index (χ0n) is 11.9. The van der Waals surface area contributed by atoms with E-state index in [2.05, 4.69) is 20.4 Å². The Morgan fingerprint density at radius 2 is 2.00 bits per heavy atom. The fourth-order valence-electron chi connectivity index (χ4n) is 2.26. The van der Waals surface area contributed by atoms with E-state index in [0.29, 0.717) is 11.3 Å². The third-order valence-electron chi connectivity index (χ3n) is 3.31. The SMILES string of the molecule is Nc1nc2nc(CN[C@@H](c3ccccc3)C(F)F)cc(=O)n2[nH]1. The molecule has 7 nitrogen and oxygen atoms in total. The topological polar surface area (TPSA) is 101 Å². The van der Waals surface area contributed by atoms with Crippen LogP contribution >= 0.6 is 0 Å². The standard InChI is InChI=1S/C14H14F2N6O/c15-12(16)11(8-4-2-1-3-5-8)18-7-9-6-10(23)22-14(19-9)20-13(17)21-22/h1-6,11-12,18H,7H2,(H3,17,19,20,21)/t11-/m0/s1. The molecule has 0 saturated carbocycles. The van der Waals surface area contributed by atoms with Crippen LogP contribution in [-0.4, -0.2) is 26.0 Å². The van der Waals surface area contributed by atoms with Crippen LogP contribution in [0.4, 0.5) is 14.7 Å². The van der Waals surface area contributed by atoms with Gasteiger partial charge in [0.1, 0.15) is 0 Å². The molecule has 2 aromatic heterocycles. The van der Waals surface area contributed by atoms with Crippen LogP contribution in [0.15, 0.2) is 41.2 Å². The van der Waals surface area contributed by atoms with Crippen molar-refractivity contribution in [1.29, 1.82) is 0 Å². The summed E-state index contributed by atoms with van der Waals surface area (Å²) in [5.41, 5.74) is 5.82. The van der Waals surface area contributed by atoms with Gasteiger partial charge >= 0.3 is 0 Å². The Kier molecular flexibility index (Phi) is 4.02. The van der Waals surface area contributed by atoms with Gasteiger partial charge in [0.05, 0.1) is 11.7 Å². The number of aromatic nitrogens is 4. The van der Waals surface area contributed by atoms with Crippen LogP contribution in [0.25, 0.3) is 5.78 Å². The van der Waals surface area contributed by atoms with E-state index in [1.165, 1.54) is 6.07 Å². The number of hydrogen-bond acceptors (Lipinski definition) is 5. The number of fused-ring (bicyclic) bond motifs is 1. The summed E-state index contributed by atoms with van der Waals surface area (Å²) in [5.74, 6) is 0.148. The average molecular weight is 320 g/mol. The number of nitrogens with two attached hydrogens (primary N) is 1. The highest BCUT2D eigenvalue weighted by Gasteiger charge is 2.21. The molecule has 0 unspecified atom stereocenters. The predicted octanol–water partition coefficient (Wildman–Crippen LogP) is 1.10. The molecule has 0 amide bonds. The Hall–Kier alpha value is -2.81. The summed E-state index contributed by atoms with van der Waals surface area (Å²) in [6, 6.07) is 8.45. The van der Waals surface area contributed by atoms with Crippen molar-refractivity contribution in [2.75, 3.05) is 5.73 Å². The number of rotatable bonds is 5. The van der Waals surface area contributed by atoms with Crippen molar-refractivity contribution in [3.8, 4) is 0 Å². The van der Waals surface area contributed by atoms with Crippen LogP contribution in [0.1, 0.15) is 17.3 Å². The molecule has 0 aliphatic heterocycles. The van der Waals surface area contributed by atoms with Gasteiger partial charge in [0.15, 0.2) is 0 Å². The number of H-pyrrole nitrogens is 1. The lowest BCUT2D eigenvalue weighted by molar-refractivity contribution is 0.0973. The molecule has 120 valence electrons. The first-order valence-electron chi connectivity index (χ1n) is 6.85. The first kappa shape index (κ1) is 15.1. The van der Waals surface area contributed by atoms with Gasteiger partial charge in [-0.1, -0.05) is 30.3 Å². The van der Waals surface area contributed by atoms with Crippen LogP contribution < -0.4 is 16.6 Å². The molecule has 2 heterocycles. The minimum Gasteiger partial charge on any atom is -0.368 e. The van der Waals surface area contributed by atoms with Crippen molar-refractivity contribution in [2.24, 2.45) is 0 Å². The molecule has 9 heteroatoms. The fourth-order valence-corrected chi connectivity index (χ4v) is 2.26. The van der Waals surface area contributed by atoms with Gasteiger partial charge in [-0.2, -0.15) is 9.50 Å². The Bertz CT molecular complexity index is 861. The molecule has 3 aromatic rings. The lowest BCUT2D eigenvalue weighted by atomic mass is 10.1. The number of nitrogen functional groups attached to an aromatic ring is 1. The molecule has 0 fully saturated rings. The maximum Gasteiger partial charge on any atom is 0.274 e. The number of alkyl halides is 2. The zero-order valence-corrected chi connectivity index (χ0v) is 11.9. The van der Waals surface area contributed by atoms with E-state index in [-0.39, 0.29) is 18.3 Å². The average Bonchev–Trinajstić information content (AvgIpc) is 2.89. The number of hydrogen-bond donors (Lipinski definition) is 3. The Labute approximate surface area is 129 Å². The van der Waals surface area contributed by atoms with E-state index in [4.69, 9.17) is 5.73 Å². The highest BCUT2D eigenvalue weighted by atomic mass is 19.3. The van der Waals surface area contributed by atoms with Gasteiger partial charge in [-0.25, -0.2) is 13.8 Å². The molecule has 0 saturated heterocycles. The number of nitrogens with zero attached hydrogens (tertiary/aromatic N) is 3. The minimum absolute atomic E-state index is 0.00239. The number of anilines is 1. The van der Waals surface area contributed by atoms with E-state index in [1.807, 2.05) is 0 Å². The lowest BCUT2D eigenvalue weighted by Gasteiger charge is -2.18. The minimum atomic E-state index is -2.59. The van der Waals surface area contributed by atoms with Crippen LogP contribution in [0.2, 0.25) is 0 Å². The monoisotopic (exact) mass is 320 g/mol.